The molecular weight excluding hydrogens is 360 g/mol. The van der Waals surface area contributed by atoms with Crippen molar-refractivity contribution < 1.29 is 9.59 Å². The molecule has 0 saturated carbocycles. The zero-order valence-corrected chi connectivity index (χ0v) is 16.8. The Hall–Kier alpha value is -3.40. The van der Waals surface area contributed by atoms with Gasteiger partial charge >= 0.3 is 0 Å². The van der Waals surface area contributed by atoms with Gasteiger partial charge < -0.3 is 10.2 Å². The van der Waals surface area contributed by atoms with Crippen LogP contribution in [0.25, 0.3) is 0 Å². The summed E-state index contributed by atoms with van der Waals surface area (Å²) in [5.74, 6) is -0.304. The number of carbonyl (C=O) groups is 2. The van der Waals surface area contributed by atoms with E-state index in [4.69, 9.17) is 0 Å². The van der Waals surface area contributed by atoms with Crippen molar-refractivity contribution in [3.8, 4) is 0 Å². The van der Waals surface area contributed by atoms with Crippen LogP contribution < -0.4 is 5.32 Å². The average Bonchev–Trinajstić information content (AvgIpc) is 3.03. The van der Waals surface area contributed by atoms with Gasteiger partial charge in [0, 0.05) is 11.3 Å². The van der Waals surface area contributed by atoms with Gasteiger partial charge in [0.05, 0.1) is 6.04 Å². The van der Waals surface area contributed by atoms with E-state index >= 15 is 0 Å². The maximum Gasteiger partial charge on any atom is 0.255 e. The highest BCUT2D eigenvalue weighted by Gasteiger charge is 2.43. The second-order valence-electron chi connectivity index (χ2n) is 7.54. The van der Waals surface area contributed by atoms with Gasteiger partial charge in [-0.2, -0.15) is 0 Å². The van der Waals surface area contributed by atoms with Gasteiger partial charge in [-0.15, -0.1) is 0 Å². The Balaban J connectivity index is 1.75. The molecule has 4 heteroatoms. The van der Waals surface area contributed by atoms with Crippen molar-refractivity contribution in [1.82, 2.24) is 4.90 Å². The van der Waals surface area contributed by atoms with Crippen molar-refractivity contribution in [2.75, 3.05) is 5.32 Å². The molecule has 0 bridgehead atoms. The molecule has 0 aromatic heterocycles. The van der Waals surface area contributed by atoms with E-state index < -0.39 is 6.04 Å². The van der Waals surface area contributed by atoms with Crippen molar-refractivity contribution in [2.45, 2.75) is 32.9 Å². The Labute approximate surface area is 171 Å². The first-order chi connectivity index (χ1) is 14.0. The van der Waals surface area contributed by atoms with Gasteiger partial charge in [0.25, 0.3) is 11.8 Å². The van der Waals surface area contributed by atoms with Crippen molar-refractivity contribution in [3.05, 3.63) is 101 Å². The fraction of sp³-hybridized carbons (Fsp3) is 0.200. The van der Waals surface area contributed by atoms with Crippen LogP contribution in [0.1, 0.15) is 51.6 Å². The zero-order chi connectivity index (χ0) is 20.5. The predicted molar refractivity (Wildman–Crippen MR) is 115 cm³/mol. The molecule has 1 aliphatic heterocycles. The number of amides is 2. The van der Waals surface area contributed by atoms with Crippen molar-refractivity contribution in [1.29, 1.82) is 0 Å². The number of nitrogens with one attached hydrogen (secondary N) is 1. The number of carbonyl (C=O) groups excluding carboxylic acids is 2. The standard InChI is InChI=1S/C25H24N2O2/c1-16-10-9-11-17(2)22(16)26-24(28)23-20-14-7-8-15-21(20)25(29)27(23)18(3)19-12-5-4-6-13-19/h4-15,18,23H,1-3H3,(H,26,28)/t18-,23?/m1/s1. The van der Waals surface area contributed by atoms with Crippen LogP contribution in [0.5, 0.6) is 0 Å². The molecule has 4 nitrogen and oxygen atoms in total. The SMILES string of the molecule is Cc1cccc(C)c1NC(=O)C1c2ccccc2C(=O)N1[C@H](C)c1ccccc1. The summed E-state index contributed by atoms with van der Waals surface area (Å²) in [7, 11) is 0. The zero-order valence-electron chi connectivity index (χ0n) is 16.8. The lowest BCUT2D eigenvalue weighted by Crippen LogP contribution is -2.37. The second-order valence-corrected chi connectivity index (χ2v) is 7.54. The second kappa shape index (κ2) is 7.55. The number of hydrogen-bond acceptors (Lipinski definition) is 2. The summed E-state index contributed by atoms with van der Waals surface area (Å²) in [5.41, 5.74) is 5.15. The van der Waals surface area contributed by atoms with Crippen molar-refractivity contribution >= 4 is 17.5 Å². The maximum atomic E-state index is 13.5. The molecular formula is C25H24N2O2. The molecule has 3 aromatic rings. The molecule has 0 saturated heterocycles. The molecule has 1 unspecified atom stereocenters. The molecule has 0 aliphatic carbocycles. The van der Waals surface area contributed by atoms with E-state index in [0.29, 0.717) is 5.56 Å². The van der Waals surface area contributed by atoms with E-state index in [9.17, 15) is 9.59 Å². The molecule has 146 valence electrons. The van der Waals surface area contributed by atoms with Crippen LogP contribution >= 0.6 is 0 Å². The van der Waals surface area contributed by atoms with Gasteiger partial charge in [-0.1, -0.05) is 66.7 Å². The lowest BCUT2D eigenvalue weighted by Gasteiger charge is -2.31. The molecule has 0 fully saturated rings. The van der Waals surface area contributed by atoms with E-state index in [-0.39, 0.29) is 17.9 Å². The number of hydrogen-bond donors (Lipinski definition) is 1. The smallest absolute Gasteiger partial charge is 0.255 e. The first kappa shape index (κ1) is 18.9. The highest BCUT2D eigenvalue weighted by atomic mass is 16.2. The van der Waals surface area contributed by atoms with E-state index in [0.717, 1.165) is 27.9 Å². The summed E-state index contributed by atoms with van der Waals surface area (Å²) in [6, 6.07) is 22.2. The van der Waals surface area contributed by atoms with Crippen molar-refractivity contribution in [3.63, 3.8) is 0 Å². The largest absolute Gasteiger partial charge is 0.323 e. The normalized spacial score (nSPS) is 16.4. The average molecular weight is 384 g/mol. The number of benzene rings is 3. The predicted octanol–water partition coefficient (Wildman–Crippen LogP) is 5.20. The highest BCUT2D eigenvalue weighted by Crippen LogP contribution is 2.40. The molecule has 2 amide bonds. The molecule has 1 heterocycles. The third-order valence-electron chi connectivity index (χ3n) is 5.68. The number of aryl methyl sites for hydroxylation is 2. The minimum Gasteiger partial charge on any atom is -0.323 e. The van der Waals surface area contributed by atoms with E-state index in [1.165, 1.54) is 0 Å². The Morgan fingerprint density at radius 1 is 0.897 bits per heavy atom. The van der Waals surface area contributed by atoms with Crippen LogP contribution in [0.3, 0.4) is 0 Å². The Bertz CT molecular complexity index is 1050. The van der Waals surface area contributed by atoms with Gasteiger partial charge in [-0.05, 0) is 49.1 Å². The third-order valence-corrected chi connectivity index (χ3v) is 5.68. The highest BCUT2D eigenvalue weighted by molar-refractivity contribution is 6.08. The fourth-order valence-electron chi connectivity index (χ4n) is 4.10. The maximum absolute atomic E-state index is 13.5. The molecule has 0 radical (unpaired) electrons. The number of anilines is 1. The van der Waals surface area contributed by atoms with Gasteiger partial charge in [0.15, 0.2) is 0 Å². The van der Waals surface area contributed by atoms with E-state index in [1.807, 2.05) is 87.5 Å². The number of rotatable bonds is 4. The minimum absolute atomic E-state index is 0.112. The topological polar surface area (TPSA) is 49.4 Å². The Morgan fingerprint density at radius 3 is 2.21 bits per heavy atom. The quantitative estimate of drug-likeness (QED) is 0.672. The number of nitrogens with zero attached hydrogens (tertiary/aromatic N) is 1. The molecule has 3 aromatic carbocycles. The van der Waals surface area contributed by atoms with Crippen LogP contribution in [0, 0.1) is 13.8 Å². The summed E-state index contributed by atoms with van der Waals surface area (Å²) < 4.78 is 0. The number of fused-ring (bicyclic) bond motifs is 1. The molecule has 0 spiro atoms. The van der Waals surface area contributed by atoms with Crippen LogP contribution in [-0.4, -0.2) is 16.7 Å². The van der Waals surface area contributed by atoms with Crippen LogP contribution in [0.15, 0.2) is 72.8 Å². The van der Waals surface area contributed by atoms with Gasteiger partial charge in [0.1, 0.15) is 6.04 Å². The molecule has 1 N–H and O–H groups in total. The van der Waals surface area contributed by atoms with Crippen LogP contribution in [-0.2, 0) is 4.79 Å². The molecule has 1 aliphatic rings. The van der Waals surface area contributed by atoms with E-state index in [2.05, 4.69) is 5.32 Å². The molecule has 4 rings (SSSR count). The summed E-state index contributed by atoms with van der Waals surface area (Å²) in [6.07, 6.45) is 0. The lowest BCUT2D eigenvalue weighted by molar-refractivity contribution is -0.121. The lowest BCUT2D eigenvalue weighted by atomic mass is 10.0. The summed E-state index contributed by atoms with van der Waals surface area (Å²) in [5, 5.41) is 3.09. The molecule has 2 atom stereocenters. The van der Waals surface area contributed by atoms with Gasteiger partial charge in [-0.25, -0.2) is 0 Å². The summed E-state index contributed by atoms with van der Waals surface area (Å²) >= 11 is 0. The first-order valence-electron chi connectivity index (χ1n) is 9.82. The third kappa shape index (κ3) is 3.31. The van der Waals surface area contributed by atoms with Gasteiger partial charge in [0.2, 0.25) is 0 Å². The first-order valence-corrected chi connectivity index (χ1v) is 9.82. The van der Waals surface area contributed by atoms with Crippen LogP contribution in [0.4, 0.5) is 5.69 Å². The number of para-hydroxylation sites is 1. The van der Waals surface area contributed by atoms with Gasteiger partial charge in [-0.3, -0.25) is 9.59 Å². The van der Waals surface area contributed by atoms with E-state index in [1.54, 1.807) is 11.0 Å². The Kier molecular flexibility index (Phi) is 4.93. The van der Waals surface area contributed by atoms with Crippen molar-refractivity contribution in [2.24, 2.45) is 0 Å². The fourth-order valence-corrected chi connectivity index (χ4v) is 4.10. The van der Waals surface area contributed by atoms with Crippen LogP contribution in [0.2, 0.25) is 0 Å². The summed E-state index contributed by atoms with van der Waals surface area (Å²) in [6.45, 7) is 5.92. The minimum atomic E-state index is -0.673. The summed E-state index contributed by atoms with van der Waals surface area (Å²) in [4.78, 5) is 28.4. The monoisotopic (exact) mass is 384 g/mol. The molecule has 29 heavy (non-hydrogen) atoms. The Morgan fingerprint density at radius 2 is 1.52 bits per heavy atom.